The highest BCUT2D eigenvalue weighted by Crippen LogP contribution is 2.53. The monoisotopic (exact) mass is 237 g/mol. The molecule has 1 aromatic rings. The lowest BCUT2D eigenvalue weighted by atomic mass is 10.0. The van der Waals surface area contributed by atoms with Crippen molar-refractivity contribution in [1.29, 1.82) is 0 Å². The number of nitrogens with one attached hydrogen (secondary N) is 1. The van der Waals surface area contributed by atoms with Crippen LogP contribution in [0.4, 0.5) is 5.69 Å². The number of carbonyl (C=O) groups excluding carboxylic acids is 1. The third-order valence-corrected chi connectivity index (χ3v) is 3.29. The number of fused-ring (bicyclic) bond motifs is 3. The van der Waals surface area contributed by atoms with Crippen molar-refractivity contribution in [3.63, 3.8) is 0 Å². The Labute approximate surface area is 84.5 Å². The Hall–Kier alpha value is -0.830. The molecule has 0 radical (unpaired) electrons. The normalized spacial score (nSPS) is 28.8. The minimum Gasteiger partial charge on any atom is -0.326 e. The zero-order valence-corrected chi connectivity index (χ0v) is 8.47. The van der Waals surface area contributed by atoms with Crippen LogP contribution in [0.2, 0.25) is 0 Å². The van der Waals surface area contributed by atoms with Gasteiger partial charge in [0.15, 0.2) is 0 Å². The van der Waals surface area contributed by atoms with Crippen LogP contribution in [-0.4, -0.2) is 5.91 Å². The van der Waals surface area contributed by atoms with Gasteiger partial charge in [0.05, 0.1) is 0 Å². The molecule has 2 aliphatic rings. The predicted molar refractivity (Wildman–Crippen MR) is 53.6 cm³/mol. The summed E-state index contributed by atoms with van der Waals surface area (Å²) in [5.41, 5.74) is 2.28. The second-order valence-electron chi connectivity index (χ2n) is 3.67. The predicted octanol–water partition coefficient (Wildman–Crippen LogP) is 2.50. The van der Waals surface area contributed by atoms with Crippen LogP contribution in [0.5, 0.6) is 0 Å². The van der Waals surface area contributed by atoms with Crippen molar-refractivity contribution < 1.29 is 4.79 Å². The maximum atomic E-state index is 11.4. The van der Waals surface area contributed by atoms with Gasteiger partial charge in [-0.1, -0.05) is 15.9 Å². The second kappa shape index (κ2) is 2.35. The van der Waals surface area contributed by atoms with E-state index < -0.39 is 0 Å². The second-order valence-corrected chi connectivity index (χ2v) is 4.59. The Morgan fingerprint density at radius 2 is 2.23 bits per heavy atom. The number of carbonyl (C=O) groups is 1. The fourth-order valence-corrected chi connectivity index (χ4v) is 2.39. The van der Waals surface area contributed by atoms with Crippen LogP contribution >= 0.6 is 15.9 Å². The number of anilines is 1. The van der Waals surface area contributed by atoms with Gasteiger partial charge in [0.25, 0.3) is 0 Å². The fourth-order valence-electron chi connectivity index (χ4n) is 2.01. The topological polar surface area (TPSA) is 29.1 Å². The van der Waals surface area contributed by atoms with E-state index >= 15 is 0 Å². The molecule has 3 rings (SSSR count). The van der Waals surface area contributed by atoms with Crippen molar-refractivity contribution in [3.05, 3.63) is 28.2 Å². The van der Waals surface area contributed by atoms with Crippen molar-refractivity contribution >= 4 is 27.5 Å². The molecule has 1 aliphatic carbocycles. The minimum absolute atomic E-state index is 0.194. The lowest BCUT2D eigenvalue weighted by Crippen LogP contribution is -2.19. The highest BCUT2D eigenvalue weighted by atomic mass is 79.9. The number of benzene rings is 1. The summed E-state index contributed by atoms with van der Waals surface area (Å²) in [7, 11) is 0. The van der Waals surface area contributed by atoms with E-state index in [1.807, 2.05) is 12.1 Å². The summed E-state index contributed by atoms with van der Waals surface area (Å²) in [6.07, 6.45) is 1.02. The molecule has 66 valence electrons. The molecule has 1 fully saturated rings. The van der Waals surface area contributed by atoms with Crippen LogP contribution in [0.25, 0.3) is 0 Å². The lowest BCUT2D eigenvalue weighted by molar-refractivity contribution is -0.117. The third kappa shape index (κ3) is 1.03. The third-order valence-electron chi connectivity index (χ3n) is 2.80. The molecular weight excluding hydrogens is 230 g/mol. The molecule has 1 N–H and O–H groups in total. The van der Waals surface area contributed by atoms with E-state index in [1.165, 1.54) is 5.56 Å². The van der Waals surface area contributed by atoms with Gasteiger partial charge >= 0.3 is 0 Å². The van der Waals surface area contributed by atoms with Crippen molar-refractivity contribution in [2.75, 3.05) is 5.32 Å². The summed E-state index contributed by atoms with van der Waals surface area (Å²) in [6, 6.07) is 6.03. The highest BCUT2D eigenvalue weighted by Gasteiger charge is 2.48. The molecule has 1 amide bonds. The van der Waals surface area contributed by atoms with Gasteiger partial charge in [-0.05, 0) is 36.1 Å². The first-order valence-electron chi connectivity index (χ1n) is 4.36. The maximum absolute atomic E-state index is 11.4. The maximum Gasteiger partial charge on any atom is 0.228 e. The summed E-state index contributed by atoms with van der Waals surface area (Å²) < 4.78 is 1.09. The van der Waals surface area contributed by atoms with E-state index in [2.05, 4.69) is 27.3 Å². The van der Waals surface area contributed by atoms with Crippen molar-refractivity contribution in [2.45, 2.75) is 12.3 Å². The summed E-state index contributed by atoms with van der Waals surface area (Å²) in [4.78, 5) is 11.4. The molecule has 0 unspecified atom stereocenters. The Kier molecular flexibility index (Phi) is 1.37. The molecule has 1 aliphatic heterocycles. The minimum atomic E-state index is 0.194. The summed E-state index contributed by atoms with van der Waals surface area (Å²) in [5, 5.41) is 2.92. The van der Waals surface area contributed by atoms with Crippen molar-refractivity contribution in [2.24, 2.45) is 5.92 Å². The van der Waals surface area contributed by atoms with Gasteiger partial charge in [0, 0.05) is 16.1 Å². The van der Waals surface area contributed by atoms with Crippen LogP contribution in [0.1, 0.15) is 17.9 Å². The largest absolute Gasteiger partial charge is 0.326 e. The zero-order chi connectivity index (χ0) is 9.00. The van der Waals surface area contributed by atoms with Crippen LogP contribution in [0, 0.1) is 5.92 Å². The molecule has 0 bridgehead atoms. The number of halogens is 1. The molecule has 0 saturated heterocycles. The number of amides is 1. The molecule has 1 heterocycles. The molecule has 13 heavy (non-hydrogen) atoms. The van der Waals surface area contributed by atoms with Crippen LogP contribution < -0.4 is 5.32 Å². The van der Waals surface area contributed by atoms with Gasteiger partial charge in [-0.15, -0.1) is 0 Å². The van der Waals surface area contributed by atoms with E-state index in [0.717, 1.165) is 16.6 Å². The molecule has 2 atom stereocenters. The zero-order valence-electron chi connectivity index (χ0n) is 6.88. The van der Waals surface area contributed by atoms with E-state index in [-0.39, 0.29) is 11.8 Å². The molecule has 3 heteroatoms. The first kappa shape index (κ1) is 7.56. The summed E-state index contributed by atoms with van der Waals surface area (Å²) in [5.74, 6) is 0.933. The first-order valence-corrected chi connectivity index (χ1v) is 5.15. The Morgan fingerprint density at radius 1 is 1.38 bits per heavy atom. The quantitative estimate of drug-likeness (QED) is 0.739. The standard InChI is InChI=1S/C10H8BrNO/c11-5-1-2-9-7(3-5)6-4-8(6)10(13)12-9/h1-3,6,8H,4H2,(H,12,13)/t6-,8+/m0/s1. The smallest absolute Gasteiger partial charge is 0.228 e. The number of hydrogen-bond acceptors (Lipinski definition) is 1. The van der Waals surface area contributed by atoms with Gasteiger partial charge in [-0.2, -0.15) is 0 Å². The van der Waals surface area contributed by atoms with Gasteiger partial charge in [0.2, 0.25) is 5.91 Å². The Bertz CT molecular complexity index is 402. The molecule has 0 spiro atoms. The highest BCUT2D eigenvalue weighted by molar-refractivity contribution is 9.10. The number of rotatable bonds is 0. The summed E-state index contributed by atoms with van der Waals surface area (Å²) in [6.45, 7) is 0. The SMILES string of the molecule is O=C1Nc2ccc(Br)cc2[C@@H]2C[C@@H]12. The summed E-state index contributed by atoms with van der Waals surface area (Å²) >= 11 is 3.44. The molecule has 2 nitrogen and oxygen atoms in total. The van der Waals surface area contributed by atoms with Gasteiger partial charge in [0.1, 0.15) is 0 Å². The van der Waals surface area contributed by atoms with Crippen molar-refractivity contribution in [1.82, 2.24) is 0 Å². The van der Waals surface area contributed by atoms with E-state index in [1.54, 1.807) is 0 Å². The Morgan fingerprint density at radius 3 is 3.08 bits per heavy atom. The van der Waals surface area contributed by atoms with E-state index in [0.29, 0.717) is 5.92 Å². The van der Waals surface area contributed by atoms with Crippen molar-refractivity contribution in [3.8, 4) is 0 Å². The van der Waals surface area contributed by atoms with Crippen LogP contribution in [0.15, 0.2) is 22.7 Å². The average molecular weight is 238 g/mol. The fraction of sp³-hybridized carbons (Fsp3) is 0.300. The van der Waals surface area contributed by atoms with Crippen LogP contribution in [0.3, 0.4) is 0 Å². The average Bonchev–Trinajstić information content (AvgIpc) is 2.86. The first-order chi connectivity index (χ1) is 6.25. The van der Waals surface area contributed by atoms with Gasteiger partial charge in [-0.3, -0.25) is 4.79 Å². The van der Waals surface area contributed by atoms with Gasteiger partial charge in [-0.25, -0.2) is 0 Å². The van der Waals surface area contributed by atoms with Gasteiger partial charge < -0.3 is 5.32 Å². The lowest BCUT2D eigenvalue weighted by Gasteiger charge is -2.15. The van der Waals surface area contributed by atoms with Crippen LogP contribution in [-0.2, 0) is 4.79 Å². The molecular formula is C10H8BrNO. The number of hydrogen-bond donors (Lipinski definition) is 1. The molecule has 1 aromatic carbocycles. The molecule has 0 aromatic heterocycles. The van der Waals surface area contributed by atoms with E-state index in [9.17, 15) is 4.79 Å². The Balaban J connectivity index is 2.15. The molecule has 1 saturated carbocycles. The van der Waals surface area contributed by atoms with E-state index in [4.69, 9.17) is 0 Å².